The van der Waals surface area contributed by atoms with Gasteiger partial charge in [0.1, 0.15) is 0 Å². The molecule has 1 heterocycles. The number of esters is 1. The van der Waals surface area contributed by atoms with Crippen LogP contribution in [-0.4, -0.2) is 18.1 Å². The topological polar surface area (TPSA) is 39.2 Å². The highest BCUT2D eigenvalue weighted by Gasteiger charge is 2.21. The van der Waals surface area contributed by atoms with E-state index in [0.717, 1.165) is 13.3 Å². The summed E-state index contributed by atoms with van der Waals surface area (Å²) in [5, 5.41) is 0.0123. The Morgan fingerprint density at radius 2 is 2.18 bits per heavy atom. The van der Waals surface area contributed by atoms with E-state index in [1.807, 2.05) is 0 Å². The number of hydrogen-bond acceptors (Lipinski definition) is 3. The Labute approximate surface area is 104 Å². The molecule has 0 saturated carbocycles. The summed E-state index contributed by atoms with van der Waals surface area (Å²) in [6, 6.07) is 0. The Hall–Kier alpha value is -1.11. The van der Waals surface area contributed by atoms with E-state index in [2.05, 4.69) is 25.7 Å². The number of carbonyl (C=O) groups excluding carboxylic acids is 1. The van der Waals surface area contributed by atoms with Crippen LogP contribution in [0.1, 0.15) is 23.1 Å². The van der Waals surface area contributed by atoms with E-state index in [9.17, 15) is 18.0 Å². The molecular formula is C10H9BrF3NO2. The Morgan fingerprint density at radius 3 is 2.65 bits per heavy atom. The zero-order valence-corrected chi connectivity index (χ0v) is 10.4. The number of rotatable bonds is 4. The summed E-state index contributed by atoms with van der Waals surface area (Å²) in [7, 11) is 1.14. The molecule has 7 heteroatoms. The average Bonchev–Trinajstić information content (AvgIpc) is 2.30. The number of carbonyl (C=O) groups is 1. The largest absolute Gasteiger partial charge is 0.469 e. The first-order valence-electron chi connectivity index (χ1n) is 4.58. The molecule has 0 unspecified atom stereocenters. The molecule has 0 aromatic carbocycles. The molecule has 0 aliphatic rings. The lowest BCUT2D eigenvalue weighted by molar-refractivity contribution is -0.139. The number of hydrogen-bond donors (Lipinski definition) is 0. The van der Waals surface area contributed by atoms with Gasteiger partial charge in [-0.05, 0) is 5.56 Å². The molecule has 1 aromatic heterocycles. The minimum absolute atomic E-state index is 0.0123. The summed E-state index contributed by atoms with van der Waals surface area (Å²) in [6.07, 6.45) is -2.42. The van der Waals surface area contributed by atoms with Crippen LogP contribution in [0.2, 0.25) is 0 Å². The Morgan fingerprint density at radius 1 is 1.53 bits per heavy atom. The molecule has 1 aromatic rings. The van der Waals surface area contributed by atoms with Crippen molar-refractivity contribution in [3.63, 3.8) is 0 Å². The highest BCUT2D eigenvalue weighted by Crippen LogP contribution is 2.28. The molecule has 0 aliphatic heterocycles. The van der Waals surface area contributed by atoms with E-state index < -0.39 is 24.8 Å². The number of ether oxygens (including phenoxy) is 1. The van der Waals surface area contributed by atoms with Crippen molar-refractivity contribution >= 4 is 21.9 Å². The van der Waals surface area contributed by atoms with Gasteiger partial charge in [-0.25, -0.2) is 13.8 Å². The molecule has 0 aliphatic carbocycles. The Balaban J connectivity index is 3.25. The molecule has 0 fully saturated rings. The van der Waals surface area contributed by atoms with Gasteiger partial charge in [-0.15, -0.1) is 0 Å². The van der Waals surface area contributed by atoms with Crippen LogP contribution >= 0.6 is 15.9 Å². The molecule has 0 spiro atoms. The molecule has 0 amide bonds. The normalized spacial score (nSPS) is 10.7. The summed E-state index contributed by atoms with van der Waals surface area (Å²) in [5.41, 5.74) is -0.508. The number of nitrogens with zero attached hydrogens (tertiary/aromatic N) is 1. The van der Waals surface area contributed by atoms with Crippen LogP contribution in [0, 0.1) is 5.95 Å². The summed E-state index contributed by atoms with van der Waals surface area (Å²) in [5.74, 6) is -1.64. The van der Waals surface area contributed by atoms with Crippen molar-refractivity contribution in [3.05, 3.63) is 28.8 Å². The molecular weight excluding hydrogens is 303 g/mol. The van der Waals surface area contributed by atoms with Gasteiger partial charge in [0.2, 0.25) is 5.95 Å². The van der Waals surface area contributed by atoms with Gasteiger partial charge >= 0.3 is 5.97 Å². The summed E-state index contributed by atoms with van der Waals surface area (Å²) < 4.78 is 43.1. The SMILES string of the molecule is COC(=O)Cc1c(F)ncc(C(F)F)c1CBr. The summed E-state index contributed by atoms with van der Waals surface area (Å²) >= 11 is 2.99. The monoisotopic (exact) mass is 311 g/mol. The zero-order valence-electron chi connectivity index (χ0n) is 8.84. The molecule has 0 saturated heterocycles. The second-order valence-corrected chi connectivity index (χ2v) is 3.71. The number of pyridine rings is 1. The molecule has 0 atom stereocenters. The maximum Gasteiger partial charge on any atom is 0.310 e. The first-order chi connectivity index (χ1) is 8.01. The lowest BCUT2D eigenvalue weighted by atomic mass is 10.0. The third-order valence-corrected chi connectivity index (χ3v) is 2.76. The fraction of sp³-hybridized carbons (Fsp3) is 0.400. The van der Waals surface area contributed by atoms with Crippen LogP contribution in [0.25, 0.3) is 0 Å². The summed E-state index contributed by atoms with van der Waals surface area (Å²) in [6.45, 7) is 0. The van der Waals surface area contributed by atoms with Crippen molar-refractivity contribution in [2.75, 3.05) is 7.11 Å². The van der Waals surface area contributed by atoms with Gasteiger partial charge in [-0.3, -0.25) is 4.79 Å². The minimum atomic E-state index is -2.77. The van der Waals surface area contributed by atoms with E-state index in [1.165, 1.54) is 0 Å². The van der Waals surface area contributed by atoms with Crippen LogP contribution in [0.5, 0.6) is 0 Å². The number of methoxy groups -OCH3 is 1. The second-order valence-electron chi connectivity index (χ2n) is 3.15. The third kappa shape index (κ3) is 3.18. The molecule has 3 nitrogen and oxygen atoms in total. The van der Waals surface area contributed by atoms with Gasteiger partial charge in [-0.1, -0.05) is 15.9 Å². The molecule has 1 rings (SSSR count). The molecule has 0 radical (unpaired) electrons. The van der Waals surface area contributed by atoms with Crippen LogP contribution < -0.4 is 0 Å². The van der Waals surface area contributed by atoms with E-state index in [4.69, 9.17) is 0 Å². The standard InChI is InChI=1S/C10H9BrF3NO2/c1-17-8(16)2-5-6(3-11)7(9(12)13)4-15-10(5)14/h4,9H,2-3H2,1H3. The average molecular weight is 312 g/mol. The van der Waals surface area contributed by atoms with Gasteiger partial charge in [0.25, 0.3) is 6.43 Å². The highest BCUT2D eigenvalue weighted by molar-refractivity contribution is 9.08. The van der Waals surface area contributed by atoms with E-state index >= 15 is 0 Å². The number of aromatic nitrogens is 1. The fourth-order valence-electron chi connectivity index (χ4n) is 1.32. The minimum Gasteiger partial charge on any atom is -0.469 e. The smallest absolute Gasteiger partial charge is 0.310 e. The van der Waals surface area contributed by atoms with Gasteiger partial charge in [0.15, 0.2) is 0 Å². The predicted molar refractivity (Wildman–Crippen MR) is 57.5 cm³/mol. The van der Waals surface area contributed by atoms with Crippen molar-refractivity contribution < 1.29 is 22.7 Å². The van der Waals surface area contributed by atoms with Crippen molar-refractivity contribution in [2.45, 2.75) is 18.2 Å². The lowest BCUT2D eigenvalue weighted by Gasteiger charge is -2.11. The quantitative estimate of drug-likeness (QED) is 0.487. The fourth-order valence-corrected chi connectivity index (χ4v) is 1.98. The lowest BCUT2D eigenvalue weighted by Crippen LogP contribution is -2.11. The Bertz CT molecular complexity index is 426. The second kappa shape index (κ2) is 6.00. The molecule has 17 heavy (non-hydrogen) atoms. The number of halogens is 4. The Kier molecular flexibility index (Phi) is 4.92. The maximum atomic E-state index is 13.4. The van der Waals surface area contributed by atoms with Crippen molar-refractivity contribution in [1.29, 1.82) is 0 Å². The van der Waals surface area contributed by atoms with Crippen LogP contribution in [0.4, 0.5) is 13.2 Å². The van der Waals surface area contributed by atoms with Crippen molar-refractivity contribution in [3.8, 4) is 0 Å². The van der Waals surface area contributed by atoms with E-state index in [-0.39, 0.29) is 22.0 Å². The molecule has 94 valence electrons. The van der Waals surface area contributed by atoms with E-state index in [0.29, 0.717) is 0 Å². The predicted octanol–water partition coefficient (Wildman–Crippen LogP) is 2.77. The zero-order chi connectivity index (χ0) is 13.0. The van der Waals surface area contributed by atoms with Crippen LogP contribution in [0.15, 0.2) is 6.20 Å². The third-order valence-electron chi connectivity index (χ3n) is 2.20. The van der Waals surface area contributed by atoms with E-state index in [1.54, 1.807) is 0 Å². The summed E-state index contributed by atoms with van der Waals surface area (Å²) in [4.78, 5) is 14.3. The van der Waals surface area contributed by atoms with Gasteiger partial charge in [-0.2, -0.15) is 4.39 Å². The maximum absolute atomic E-state index is 13.4. The van der Waals surface area contributed by atoms with Crippen molar-refractivity contribution in [2.24, 2.45) is 0 Å². The van der Waals surface area contributed by atoms with Gasteiger partial charge in [0.05, 0.1) is 13.5 Å². The van der Waals surface area contributed by atoms with Crippen LogP contribution in [0.3, 0.4) is 0 Å². The van der Waals surface area contributed by atoms with Gasteiger partial charge in [0, 0.05) is 22.7 Å². The van der Waals surface area contributed by atoms with Crippen LogP contribution in [-0.2, 0) is 21.3 Å². The molecule has 0 N–H and O–H groups in total. The number of alkyl halides is 3. The van der Waals surface area contributed by atoms with Crippen molar-refractivity contribution in [1.82, 2.24) is 4.98 Å². The first-order valence-corrected chi connectivity index (χ1v) is 5.70. The molecule has 0 bridgehead atoms. The highest BCUT2D eigenvalue weighted by atomic mass is 79.9. The first kappa shape index (κ1) is 14.0. The van der Waals surface area contributed by atoms with Gasteiger partial charge < -0.3 is 4.74 Å².